The highest BCUT2D eigenvalue weighted by Crippen LogP contribution is 2.04. The van der Waals surface area contributed by atoms with E-state index in [1.165, 1.54) is 0 Å². The van der Waals surface area contributed by atoms with E-state index in [-0.39, 0.29) is 0 Å². The summed E-state index contributed by atoms with van der Waals surface area (Å²) >= 11 is 0. The first-order chi connectivity index (χ1) is 6.02. The maximum absolute atomic E-state index is 4.56. The third-order valence-electron chi connectivity index (χ3n) is 2.12. The molecule has 0 saturated carbocycles. The zero-order chi connectivity index (χ0) is 10.4. The van der Waals surface area contributed by atoms with Gasteiger partial charge in [0.15, 0.2) is 0 Å². The summed E-state index contributed by atoms with van der Waals surface area (Å²) in [5.74, 6) is 1.05. The first-order valence-corrected chi connectivity index (χ1v) is 4.98. The number of hydrogen-bond donors (Lipinski definition) is 0. The monoisotopic (exact) mass is 182 g/mol. The molecule has 0 aromatic heterocycles. The molecule has 2 heteroatoms. The van der Waals surface area contributed by atoms with Crippen molar-refractivity contribution >= 4 is 5.84 Å². The maximum atomic E-state index is 4.56. The van der Waals surface area contributed by atoms with Gasteiger partial charge in [-0.3, -0.25) is 4.99 Å². The van der Waals surface area contributed by atoms with Gasteiger partial charge in [-0.1, -0.05) is 13.5 Å². The van der Waals surface area contributed by atoms with Gasteiger partial charge in [-0.25, -0.2) is 0 Å². The van der Waals surface area contributed by atoms with Crippen molar-refractivity contribution in [2.45, 2.75) is 53.1 Å². The zero-order valence-electron chi connectivity index (χ0n) is 9.54. The third kappa shape index (κ3) is 4.11. The Balaban J connectivity index is 4.43. The van der Waals surface area contributed by atoms with Gasteiger partial charge >= 0.3 is 0 Å². The van der Waals surface area contributed by atoms with Gasteiger partial charge in [0.05, 0.1) is 0 Å². The number of nitrogens with zero attached hydrogens (tertiary/aromatic N) is 2. The largest absolute Gasteiger partial charge is 0.335 e. The maximum Gasteiger partial charge on any atom is 0.100 e. The van der Waals surface area contributed by atoms with Crippen molar-refractivity contribution in [3.63, 3.8) is 0 Å². The Morgan fingerprint density at radius 3 is 2.31 bits per heavy atom. The molecule has 1 unspecified atom stereocenters. The molecule has 0 bridgehead atoms. The van der Waals surface area contributed by atoms with Crippen LogP contribution in [-0.2, 0) is 0 Å². The Morgan fingerprint density at radius 2 is 2.00 bits per heavy atom. The van der Waals surface area contributed by atoms with E-state index in [0.29, 0.717) is 12.1 Å². The van der Waals surface area contributed by atoms with Crippen LogP contribution in [0, 0.1) is 0 Å². The van der Waals surface area contributed by atoms with Crippen molar-refractivity contribution in [3.05, 3.63) is 12.8 Å². The SMILES string of the molecule is C=CN(C(C)=NC(C)CC)C(C)C. The summed E-state index contributed by atoms with van der Waals surface area (Å²) in [6, 6.07) is 0.839. The van der Waals surface area contributed by atoms with Crippen molar-refractivity contribution in [2.24, 2.45) is 4.99 Å². The van der Waals surface area contributed by atoms with Crippen molar-refractivity contribution in [1.29, 1.82) is 0 Å². The lowest BCUT2D eigenvalue weighted by molar-refractivity contribution is 0.452. The number of rotatable bonds is 4. The Kier molecular flexibility index (Phi) is 5.44. The number of aliphatic imine (C=N–C) groups is 1. The van der Waals surface area contributed by atoms with E-state index in [1.807, 2.05) is 13.1 Å². The molecule has 1 atom stereocenters. The van der Waals surface area contributed by atoms with Crippen LogP contribution in [0.5, 0.6) is 0 Å². The highest BCUT2D eigenvalue weighted by molar-refractivity contribution is 5.81. The third-order valence-corrected chi connectivity index (χ3v) is 2.12. The van der Waals surface area contributed by atoms with Gasteiger partial charge in [0.1, 0.15) is 5.84 Å². The zero-order valence-corrected chi connectivity index (χ0v) is 9.54. The van der Waals surface area contributed by atoms with Crippen molar-refractivity contribution in [1.82, 2.24) is 4.90 Å². The quantitative estimate of drug-likeness (QED) is 0.482. The highest BCUT2D eigenvalue weighted by Gasteiger charge is 2.07. The van der Waals surface area contributed by atoms with Crippen LogP contribution in [0.3, 0.4) is 0 Å². The molecule has 0 fully saturated rings. The van der Waals surface area contributed by atoms with Crippen molar-refractivity contribution in [2.75, 3.05) is 0 Å². The molecular weight excluding hydrogens is 160 g/mol. The van der Waals surface area contributed by atoms with Crippen molar-refractivity contribution in [3.8, 4) is 0 Å². The van der Waals surface area contributed by atoms with Crippen LogP contribution in [0.2, 0.25) is 0 Å². The Labute approximate surface area is 82.4 Å². The predicted octanol–water partition coefficient (Wildman–Crippen LogP) is 3.06. The summed E-state index contributed by atoms with van der Waals surface area (Å²) in [5, 5.41) is 0. The summed E-state index contributed by atoms with van der Waals surface area (Å²) < 4.78 is 0. The molecule has 0 aliphatic carbocycles. The fraction of sp³-hybridized carbons (Fsp3) is 0.727. The first kappa shape index (κ1) is 12.2. The van der Waals surface area contributed by atoms with Crippen LogP contribution < -0.4 is 0 Å². The van der Waals surface area contributed by atoms with Gasteiger partial charge in [-0.05, 0) is 40.3 Å². The highest BCUT2D eigenvalue weighted by atomic mass is 15.2. The van der Waals surface area contributed by atoms with Crippen LogP contribution >= 0.6 is 0 Å². The molecule has 0 saturated heterocycles. The lowest BCUT2D eigenvalue weighted by Crippen LogP contribution is -2.30. The second-order valence-corrected chi connectivity index (χ2v) is 3.62. The molecule has 0 amide bonds. The topological polar surface area (TPSA) is 15.6 Å². The summed E-state index contributed by atoms with van der Waals surface area (Å²) in [6.45, 7) is 14.4. The smallest absolute Gasteiger partial charge is 0.100 e. The van der Waals surface area contributed by atoms with E-state index in [0.717, 1.165) is 12.3 Å². The molecule has 2 nitrogen and oxygen atoms in total. The van der Waals surface area contributed by atoms with E-state index in [4.69, 9.17) is 0 Å². The van der Waals surface area contributed by atoms with Gasteiger partial charge in [-0.15, -0.1) is 0 Å². The lowest BCUT2D eigenvalue weighted by atomic mass is 10.2. The van der Waals surface area contributed by atoms with Crippen LogP contribution in [0.25, 0.3) is 0 Å². The average molecular weight is 182 g/mol. The lowest BCUT2D eigenvalue weighted by Gasteiger charge is -2.24. The van der Waals surface area contributed by atoms with Gasteiger partial charge in [0.25, 0.3) is 0 Å². The molecule has 0 heterocycles. The molecular formula is C11H22N2. The molecule has 76 valence electrons. The molecule has 0 aliphatic heterocycles. The molecule has 0 aromatic carbocycles. The predicted molar refractivity (Wildman–Crippen MR) is 60.0 cm³/mol. The van der Waals surface area contributed by atoms with E-state index >= 15 is 0 Å². The van der Waals surface area contributed by atoms with E-state index in [1.54, 1.807) is 0 Å². The minimum Gasteiger partial charge on any atom is -0.335 e. The number of hydrogen-bond acceptors (Lipinski definition) is 1. The summed E-state index contributed by atoms with van der Waals surface area (Å²) in [5.41, 5.74) is 0. The van der Waals surface area contributed by atoms with Gasteiger partial charge in [0.2, 0.25) is 0 Å². The normalized spacial score (nSPS) is 14.5. The molecule has 13 heavy (non-hydrogen) atoms. The Morgan fingerprint density at radius 1 is 1.46 bits per heavy atom. The van der Waals surface area contributed by atoms with Gasteiger partial charge in [0, 0.05) is 12.1 Å². The molecule has 0 aliphatic rings. The molecule has 0 radical (unpaired) electrons. The fourth-order valence-electron chi connectivity index (χ4n) is 1.19. The standard InChI is InChI=1S/C11H22N2/c1-7-10(5)12-11(6)13(8-2)9(3)4/h8-10H,2,7H2,1,3-6H3. The van der Waals surface area contributed by atoms with Crippen LogP contribution in [0.4, 0.5) is 0 Å². The van der Waals surface area contributed by atoms with E-state index < -0.39 is 0 Å². The summed E-state index contributed by atoms with van der Waals surface area (Å²) in [4.78, 5) is 6.65. The van der Waals surface area contributed by atoms with Gasteiger partial charge < -0.3 is 4.90 Å². The van der Waals surface area contributed by atoms with Crippen LogP contribution in [0.1, 0.15) is 41.0 Å². The molecule has 0 N–H and O–H groups in total. The first-order valence-electron chi connectivity index (χ1n) is 4.98. The van der Waals surface area contributed by atoms with E-state index in [9.17, 15) is 0 Å². The minimum absolute atomic E-state index is 0.404. The Hall–Kier alpha value is -0.790. The number of amidine groups is 1. The fourth-order valence-corrected chi connectivity index (χ4v) is 1.19. The van der Waals surface area contributed by atoms with Crippen LogP contribution in [0.15, 0.2) is 17.8 Å². The molecule has 0 aromatic rings. The van der Waals surface area contributed by atoms with Gasteiger partial charge in [-0.2, -0.15) is 0 Å². The minimum atomic E-state index is 0.404. The Bertz CT molecular complexity index is 183. The summed E-state index contributed by atoms with van der Waals surface area (Å²) in [7, 11) is 0. The summed E-state index contributed by atoms with van der Waals surface area (Å²) in [6.07, 6.45) is 2.92. The second-order valence-electron chi connectivity index (χ2n) is 3.62. The van der Waals surface area contributed by atoms with Crippen LogP contribution in [-0.4, -0.2) is 22.8 Å². The van der Waals surface area contributed by atoms with E-state index in [2.05, 4.69) is 44.2 Å². The average Bonchev–Trinajstić information content (AvgIpc) is 2.04. The second kappa shape index (κ2) is 5.79. The molecule has 0 rings (SSSR count). The molecule has 0 spiro atoms. The van der Waals surface area contributed by atoms with Crippen molar-refractivity contribution < 1.29 is 0 Å².